The Balaban J connectivity index is 1.90. The van der Waals surface area contributed by atoms with Crippen LogP contribution in [0.1, 0.15) is 21.5 Å². The molecule has 5 nitrogen and oxygen atoms in total. The van der Waals surface area contributed by atoms with Crippen LogP contribution in [-0.2, 0) is 17.6 Å². The number of phenolic OH excluding ortho intramolecular Hbond substituents is 2. The number of hydrogen-bond donors (Lipinski definition) is 3. The van der Waals surface area contributed by atoms with Gasteiger partial charge in [0.2, 0.25) is 0 Å². The zero-order valence-corrected chi connectivity index (χ0v) is 16.0. The molecule has 3 rings (SSSR count). The number of benzene rings is 3. The molecule has 3 aromatic carbocycles. The average Bonchev–Trinajstić information content (AvgIpc) is 2.70. The van der Waals surface area contributed by atoms with E-state index in [4.69, 9.17) is 16.3 Å². The summed E-state index contributed by atoms with van der Waals surface area (Å²) in [4.78, 5) is 12.1. The lowest BCUT2D eigenvalue weighted by Crippen LogP contribution is -2.08. The van der Waals surface area contributed by atoms with E-state index < -0.39 is 5.97 Å². The fraction of sp³-hybridized carbons (Fsp3) is 0.136. The molecule has 0 unspecified atom stereocenters. The second-order valence-electron chi connectivity index (χ2n) is 6.22. The van der Waals surface area contributed by atoms with Crippen molar-refractivity contribution in [3.8, 4) is 11.5 Å². The molecule has 0 aromatic heterocycles. The molecule has 0 amide bonds. The molecule has 0 fully saturated rings. The topological polar surface area (TPSA) is 78.8 Å². The lowest BCUT2D eigenvalue weighted by Gasteiger charge is -2.15. The van der Waals surface area contributed by atoms with E-state index in [0.29, 0.717) is 18.4 Å². The van der Waals surface area contributed by atoms with Crippen molar-refractivity contribution in [3.63, 3.8) is 0 Å². The molecular formula is C22H20ClNO4. The number of rotatable bonds is 6. The number of anilines is 2. The fourth-order valence-corrected chi connectivity index (χ4v) is 3.29. The first-order valence-corrected chi connectivity index (χ1v) is 9.10. The normalized spacial score (nSPS) is 10.5. The number of methoxy groups -OCH3 is 1. The first kappa shape index (κ1) is 19.6. The summed E-state index contributed by atoms with van der Waals surface area (Å²) in [6.07, 6.45) is 0.862. The number of hydrogen-bond acceptors (Lipinski definition) is 5. The van der Waals surface area contributed by atoms with Gasteiger partial charge in [-0.05, 0) is 42.2 Å². The van der Waals surface area contributed by atoms with E-state index in [1.165, 1.54) is 7.11 Å². The monoisotopic (exact) mass is 397 g/mol. The maximum atomic E-state index is 12.1. The third kappa shape index (κ3) is 4.21. The predicted molar refractivity (Wildman–Crippen MR) is 110 cm³/mol. The summed E-state index contributed by atoms with van der Waals surface area (Å²) in [7, 11) is 1.23. The largest absolute Gasteiger partial charge is 0.507 e. The summed E-state index contributed by atoms with van der Waals surface area (Å²) in [5.41, 5.74) is 3.20. The first-order chi connectivity index (χ1) is 13.5. The average molecular weight is 398 g/mol. The highest BCUT2D eigenvalue weighted by atomic mass is 35.5. The second kappa shape index (κ2) is 8.67. The van der Waals surface area contributed by atoms with Crippen molar-refractivity contribution < 1.29 is 19.7 Å². The number of para-hydroxylation sites is 2. The Morgan fingerprint density at radius 1 is 1.00 bits per heavy atom. The number of phenols is 2. The van der Waals surface area contributed by atoms with Crippen LogP contribution in [0.5, 0.6) is 11.5 Å². The van der Waals surface area contributed by atoms with E-state index in [0.717, 1.165) is 23.0 Å². The molecule has 0 radical (unpaired) electrons. The van der Waals surface area contributed by atoms with Crippen molar-refractivity contribution in [3.05, 3.63) is 82.4 Å². The molecular weight excluding hydrogens is 378 g/mol. The zero-order valence-electron chi connectivity index (χ0n) is 15.3. The summed E-state index contributed by atoms with van der Waals surface area (Å²) in [5.74, 6) is -1.35. The van der Waals surface area contributed by atoms with Gasteiger partial charge in [-0.15, -0.1) is 0 Å². The highest BCUT2D eigenvalue weighted by Crippen LogP contribution is 2.37. The molecule has 0 aliphatic rings. The molecule has 6 heteroatoms. The summed E-state index contributed by atoms with van der Waals surface area (Å²) in [5, 5.41) is 23.5. The van der Waals surface area contributed by atoms with E-state index in [1.807, 2.05) is 54.6 Å². The number of aryl methyl sites for hydroxylation is 1. The van der Waals surface area contributed by atoms with E-state index in [9.17, 15) is 15.0 Å². The van der Waals surface area contributed by atoms with Gasteiger partial charge in [0.25, 0.3) is 0 Å². The molecule has 0 saturated carbocycles. The number of halogens is 1. The van der Waals surface area contributed by atoms with Crippen LogP contribution < -0.4 is 5.32 Å². The van der Waals surface area contributed by atoms with Gasteiger partial charge >= 0.3 is 5.97 Å². The van der Waals surface area contributed by atoms with Gasteiger partial charge in [-0.1, -0.05) is 48.0 Å². The Hall–Kier alpha value is -3.18. The van der Waals surface area contributed by atoms with Gasteiger partial charge in [0.1, 0.15) is 17.1 Å². The van der Waals surface area contributed by atoms with Crippen LogP contribution in [0.25, 0.3) is 0 Å². The molecule has 28 heavy (non-hydrogen) atoms. The molecule has 0 heterocycles. The van der Waals surface area contributed by atoms with Crippen LogP contribution in [0.4, 0.5) is 11.4 Å². The number of nitrogens with one attached hydrogen (secondary N) is 1. The zero-order chi connectivity index (χ0) is 20.1. The Kier molecular flexibility index (Phi) is 6.06. The number of carbonyl (C=O) groups excluding carboxylic acids is 1. The van der Waals surface area contributed by atoms with Crippen molar-refractivity contribution in [1.29, 1.82) is 0 Å². The standard InChI is InChI=1S/C22H20ClNO4/c1-28-22(27)20-16(21(23)19(26)13-18(20)25)12-11-14-7-5-6-10-17(14)24-15-8-3-2-4-9-15/h2-10,13,24-26H,11-12H2,1H3. The summed E-state index contributed by atoms with van der Waals surface area (Å²) < 4.78 is 4.76. The first-order valence-electron chi connectivity index (χ1n) is 8.73. The maximum Gasteiger partial charge on any atom is 0.341 e. The molecule has 3 N–H and O–H groups in total. The van der Waals surface area contributed by atoms with E-state index in [-0.39, 0.29) is 22.1 Å². The lowest BCUT2D eigenvalue weighted by molar-refractivity contribution is 0.0596. The molecule has 0 spiro atoms. The van der Waals surface area contributed by atoms with E-state index in [2.05, 4.69) is 5.32 Å². The van der Waals surface area contributed by atoms with Crippen molar-refractivity contribution in [2.45, 2.75) is 12.8 Å². The van der Waals surface area contributed by atoms with Gasteiger partial charge in [-0.2, -0.15) is 0 Å². The van der Waals surface area contributed by atoms with Gasteiger partial charge in [-0.25, -0.2) is 4.79 Å². The van der Waals surface area contributed by atoms with Crippen LogP contribution in [0.2, 0.25) is 5.02 Å². The highest BCUT2D eigenvalue weighted by Gasteiger charge is 2.22. The van der Waals surface area contributed by atoms with Crippen LogP contribution >= 0.6 is 11.6 Å². The van der Waals surface area contributed by atoms with Crippen LogP contribution in [-0.4, -0.2) is 23.3 Å². The maximum absolute atomic E-state index is 12.1. The van der Waals surface area contributed by atoms with Gasteiger partial charge in [0.05, 0.1) is 12.1 Å². The molecule has 0 aliphatic heterocycles. The Morgan fingerprint density at radius 2 is 1.68 bits per heavy atom. The minimum atomic E-state index is -0.704. The smallest absolute Gasteiger partial charge is 0.341 e. The van der Waals surface area contributed by atoms with Crippen molar-refractivity contribution in [2.24, 2.45) is 0 Å². The molecule has 0 saturated heterocycles. The number of esters is 1. The molecule has 144 valence electrons. The Bertz CT molecular complexity index is 989. The molecule has 0 bridgehead atoms. The summed E-state index contributed by atoms with van der Waals surface area (Å²) >= 11 is 6.22. The Morgan fingerprint density at radius 3 is 2.39 bits per heavy atom. The third-order valence-electron chi connectivity index (χ3n) is 4.43. The van der Waals surface area contributed by atoms with Gasteiger partial charge < -0.3 is 20.3 Å². The van der Waals surface area contributed by atoms with E-state index >= 15 is 0 Å². The van der Waals surface area contributed by atoms with Gasteiger partial charge in [-0.3, -0.25) is 0 Å². The Labute approximate surface area is 168 Å². The number of ether oxygens (including phenoxy) is 1. The summed E-state index contributed by atoms with van der Waals surface area (Å²) in [6.45, 7) is 0. The minimum absolute atomic E-state index is 0.0289. The van der Waals surface area contributed by atoms with Crippen LogP contribution in [0, 0.1) is 0 Å². The van der Waals surface area contributed by atoms with Gasteiger partial charge in [0, 0.05) is 17.4 Å². The van der Waals surface area contributed by atoms with Crippen molar-refractivity contribution >= 4 is 28.9 Å². The predicted octanol–water partition coefficient (Wildman–Crippen LogP) is 5.07. The highest BCUT2D eigenvalue weighted by molar-refractivity contribution is 6.33. The minimum Gasteiger partial charge on any atom is -0.507 e. The van der Waals surface area contributed by atoms with Gasteiger partial charge in [0.15, 0.2) is 0 Å². The molecule has 3 aromatic rings. The number of carbonyl (C=O) groups is 1. The van der Waals surface area contributed by atoms with Crippen molar-refractivity contribution in [1.82, 2.24) is 0 Å². The number of aromatic hydroxyl groups is 2. The lowest BCUT2D eigenvalue weighted by atomic mass is 9.97. The SMILES string of the molecule is COC(=O)c1c(O)cc(O)c(Cl)c1CCc1ccccc1Nc1ccccc1. The third-order valence-corrected chi connectivity index (χ3v) is 4.85. The molecule has 0 atom stereocenters. The van der Waals surface area contributed by atoms with Crippen LogP contribution in [0.15, 0.2) is 60.7 Å². The summed E-state index contributed by atoms with van der Waals surface area (Å²) in [6, 6.07) is 18.6. The van der Waals surface area contributed by atoms with Crippen molar-refractivity contribution in [2.75, 3.05) is 12.4 Å². The fourth-order valence-electron chi connectivity index (χ4n) is 3.05. The molecule has 0 aliphatic carbocycles. The van der Waals surface area contributed by atoms with Crippen LogP contribution in [0.3, 0.4) is 0 Å². The quantitative estimate of drug-likeness (QED) is 0.506. The van der Waals surface area contributed by atoms with E-state index in [1.54, 1.807) is 0 Å². The second-order valence-corrected chi connectivity index (χ2v) is 6.60.